The Morgan fingerprint density at radius 1 is 1.54 bits per heavy atom. The van der Waals surface area contributed by atoms with Gasteiger partial charge in [-0.25, -0.2) is 14.2 Å². The number of likely N-dealkylation sites (tertiary alicyclic amines) is 1. The lowest BCUT2D eigenvalue weighted by atomic mass is 10.1. The number of halogens is 2. The molecular weight excluding hydrogens is 428 g/mol. The van der Waals surface area contributed by atoms with Gasteiger partial charge in [-0.05, 0) is 31.9 Å². The molecule has 9 heteroatoms. The van der Waals surface area contributed by atoms with Crippen molar-refractivity contribution in [2.45, 2.75) is 32.4 Å². The first-order valence-corrected chi connectivity index (χ1v) is 7.67. The van der Waals surface area contributed by atoms with Crippen molar-refractivity contribution in [3.8, 4) is 0 Å². The monoisotopic (exact) mass is 451 g/mol. The van der Waals surface area contributed by atoms with Crippen molar-refractivity contribution in [2.24, 2.45) is 10.7 Å². The van der Waals surface area contributed by atoms with Crippen molar-refractivity contribution >= 4 is 36.0 Å². The second kappa shape index (κ2) is 10.3. The summed E-state index contributed by atoms with van der Waals surface area (Å²) in [6.07, 6.45) is 2.75. The van der Waals surface area contributed by atoms with Crippen LogP contribution in [0.4, 0.5) is 9.18 Å². The van der Waals surface area contributed by atoms with Crippen LogP contribution in [0.2, 0.25) is 0 Å². The van der Waals surface area contributed by atoms with Crippen LogP contribution < -0.4 is 11.1 Å². The highest BCUT2D eigenvalue weighted by molar-refractivity contribution is 14.0. The summed E-state index contributed by atoms with van der Waals surface area (Å²) in [5.74, 6) is -0.142. The SMILES string of the molecule is CCOC(=O)N1CCC(NC(N)=NCc2ncccc2F)CC1.I. The Kier molecular flexibility index (Phi) is 8.72. The average molecular weight is 451 g/mol. The first-order chi connectivity index (χ1) is 11.1. The first kappa shape index (κ1) is 20.4. The fraction of sp³-hybridized carbons (Fsp3) is 0.533. The molecule has 1 aromatic heterocycles. The standard InChI is InChI=1S/C15H22FN5O2.HI/c1-2-23-15(22)21-8-5-11(6-9-21)20-14(17)19-10-13-12(16)4-3-7-18-13;/h3-4,7,11H,2,5-6,8-10H2,1H3,(H3,17,19,20);1H. The summed E-state index contributed by atoms with van der Waals surface area (Å²) in [5, 5.41) is 3.10. The normalized spacial score (nSPS) is 15.6. The number of hydrogen-bond donors (Lipinski definition) is 2. The Morgan fingerprint density at radius 3 is 2.88 bits per heavy atom. The fourth-order valence-corrected chi connectivity index (χ4v) is 2.37. The second-order valence-corrected chi connectivity index (χ2v) is 5.24. The third kappa shape index (κ3) is 6.10. The molecule has 2 heterocycles. The van der Waals surface area contributed by atoms with Gasteiger partial charge in [-0.3, -0.25) is 4.98 Å². The van der Waals surface area contributed by atoms with Crippen LogP contribution in [0.15, 0.2) is 23.3 Å². The molecule has 7 nitrogen and oxygen atoms in total. The molecule has 1 amide bonds. The third-order valence-electron chi connectivity index (χ3n) is 3.61. The van der Waals surface area contributed by atoms with E-state index in [1.54, 1.807) is 11.8 Å². The van der Waals surface area contributed by atoms with Crippen molar-refractivity contribution in [2.75, 3.05) is 19.7 Å². The molecule has 0 aliphatic carbocycles. The largest absolute Gasteiger partial charge is 0.450 e. The number of nitrogens with zero attached hydrogens (tertiary/aromatic N) is 3. The quantitative estimate of drug-likeness (QED) is 0.414. The molecule has 1 aromatic rings. The van der Waals surface area contributed by atoms with Crippen molar-refractivity contribution in [3.05, 3.63) is 29.8 Å². The van der Waals surface area contributed by atoms with Gasteiger partial charge in [0.2, 0.25) is 0 Å². The number of carbonyl (C=O) groups is 1. The van der Waals surface area contributed by atoms with Crippen molar-refractivity contribution in [3.63, 3.8) is 0 Å². The van der Waals surface area contributed by atoms with Gasteiger partial charge >= 0.3 is 6.09 Å². The topological polar surface area (TPSA) is 92.8 Å². The lowest BCUT2D eigenvalue weighted by Gasteiger charge is -2.31. The summed E-state index contributed by atoms with van der Waals surface area (Å²) >= 11 is 0. The minimum absolute atomic E-state index is 0. The van der Waals surface area contributed by atoms with E-state index >= 15 is 0 Å². The van der Waals surface area contributed by atoms with Gasteiger partial charge in [0, 0.05) is 25.3 Å². The number of nitrogens with one attached hydrogen (secondary N) is 1. The predicted molar refractivity (Wildman–Crippen MR) is 99.7 cm³/mol. The van der Waals surface area contributed by atoms with E-state index in [-0.39, 0.29) is 54.3 Å². The molecule has 0 bridgehead atoms. The number of piperidine rings is 1. The van der Waals surface area contributed by atoms with Gasteiger partial charge in [-0.2, -0.15) is 0 Å². The zero-order valence-electron chi connectivity index (χ0n) is 13.6. The van der Waals surface area contributed by atoms with E-state index in [0.717, 1.165) is 12.8 Å². The smallest absolute Gasteiger partial charge is 0.409 e. The van der Waals surface area contributed by atoms with E-state index in [4.69, 9.17) is 10.5 Å². The highest BCUT2D eigenvalue weighted by atomic mass is 127. The van der Waals surface area contributed by atoms with E-state index < -0.39 is 5.82 Å². The van der Waals surface area contributed by atoms with Crippen molar-refractivity contribution < 1.29 is 13.9 Å². The molecule has 1 aliphatic heterocycles. The molecule has 0 saturated carbocycles. The fourth-order valence-electron chi connectivity index (χ4n) is 2.37. The maximum absolute atomic E-state index is 13.4. The Morgan fingerprint density at radius 2 is 2.25 bits per heavy atom. The number of hydrogen-bond acceptors (Lipinski definition) is 4. The van der Waals surface area contributed by atoms with E-state index in [1.807, 2.05) is 0 Å². The maximum Gasteiger partial charge on any atom is 0.409 e. The number of amides is 1. The number of ether oxygens (including phenoxy) is 1. The molecule has 0 atom stereocenters. The number of carbonyl (C=O) groups excluding carboxylic acids is 1. The van der Waals surface area contributed by atoms with E-state index in [9.17, 15) is 9.18 Å². The average Bonchev–Trinajstić information content (AvgIpc) is 2.55. The lowest BCUT2D eigenvalue weighted by molar-refractivity contribution is 0.0963. The summed E-state index contributed by atoms with van der Waals surface area (Å²) in [6, 6.07) is 3.01. The minimum Gasteiger partial charge on any atom is -0.450 e. The molecule has 134 valence electrons. The molecule has 0 spiro atoms. The Balaban J connectivity index is 0.00000288. The van der Waals surface area contributed by atoms with Crippen LogP contribution in [0.3, 0.4) is 0 Å². The number of rotatable bonds is 4. The number of pyridine rings is 1. The number of nitrogens with two attached hydrogens (primary N) is 1. The number of guanidine groups is 1. The highest BCUT2D eigenvalue weighted by Gasteiger charge is 2.23. The summed E-state index contributed by atoms with van der Waals surface area (Å²) in [4.78, 5) is 21.3. The summed E-state index contributed by atoms with van der Waals surface area (Å²) in [5.41, 5.74) is 6.09. The van der Waals surface area contributed by atoms with Gasteiger partial charge in [-0.1, -0.05) is 0 Å². The predicted octanol–water partition coefficient (Wildman–Crippen LogP) is 1.86. The Labute approximate surface area is 157 Å². The molecule has 1 fully saturated rings. The number of aromatic nitrogens is 1. The molecular formula is C15H23FIN5O2. The van der Waals surface area contributed by atoms with Crippen LogP contribution in [0.5, 0.6) is 0 Å². The molecule has 0 radical (unpaired) electrons. The summed E-state index contributed by atoms with van der Waals surface area (Å²) < 4.78 is 18.4. The Hall–Kier alpha value is -1.65. The van der Waals surface area contributed by atoms with Crippen LogP contribution in [-0.2, 0) is 11.3 Å². The zero-order chi connectivity index (χ0) is 16.7. The molecule has 0 unspecified atom stereocenters. The van der Waals surface area contributed by atoms with Crippen LogP contribution in [0, 0.1) is 5.82 Å². The molecule has 0 aromatic carbocycles. The van der Waals surface area contributed by atoms with Gasteiger partial charge in [-0.15, -0.1) is 24.0 Å². The van der Waals surface area contributed by atoms with E-state index in [0.29, 0.717) is 19.7 Å². The second-order valence-electron chi connectivity index (χ2n) is 5.24. The van der Waals surface area contributed by atoms with Crippen LogP contribution in [-0.4, -0.2) is 47.7 Å². The van der Waals surface area contributed by atoms with E-state index in [2.05, 4.69) is 15.3 Å². The lowest BCUT2D eigenvalue weighted by Crippen LogP contribution is -2.48. The molecule has 1 saturated heterocycles. The van der Waals surface area contributed by atoms with Crippen LogP contribution >= 0.6 is 24.0 Å². The Bertz CT molecular complexity index is 565. The summed E-state index contributed by atoms with van der Waals surface area (Å²) in [6.45, 7) is 3.47. The van der Waals surface area contributed by atoms with E-state index in [1.165, 1.54) is 18.3 Å². The van der Waals surface area contributed by atoms with Crippen LogP contribution in [0.25, 0.3) is 0 Å². The molecule has 1 aliphatic rings. The van der Waals surface area contributed by atoms with Gasteiger partial charge in [0.05, 0.1) is 18.8 Å². The van der Waals surface area contributed by atoms with Gasteiger partial charge < -0.3 is 20.7 Å². The molecule has 3 N–H and O–H groups in total. The minimum atomic E-state index is -0.396. The first-order valence-electron chi connectivity index (χ1n) is 7.67. The molecule has 2 rings (SSSR count). The maximum atomic E-state index is 13.4. The third-order valence-corrected chi connectivity index (χ3v) is 3.61. The highest BCUT2D eigenvalue weighted by Crippen LogP contribution is 2.11. The van der Waals surface area contributed by atoms with Gasteiger partial charge in [0.25, 0.3) is 0 Å². The van der Waals surface area contributed by atoms with Gasteiger partial charge in [0.1, 0.15) is 5.82 Å². The van der Waals surface area contributed by atoms with Crippen molar-refractivity contribution in [1.29, 1.82) is 0 Å². The van der Waals surface area contributed by atoms with Gasteiger partial charge in [0.15, 0.2) is 5.96 Å². The zero-order valence-corrected chi connectivity index (χ0v) is 15.9. The van der Waals surface area contributed by atoms with Crippen molar-refractivity contribution in [1.82, 2.24) is 15.2 Å². The number of aliphatic imine (C=N–C) groups is 1. The van der Waals surface area contributed by atoms with Crippen LogP contribution in [0.1, 0.15) is 25.5 Å². The molecule has 24 heavy (non-hydrogen) atoms. The summed E-state index contributed by atoms with van der Waals surface area (Å²) in [7, 11) is 0.